The van der Waals surface area contributed by atoms with Crippen LogP contribution < -0.4 is 0 Å². The van der Waals surface area contributed by atoms with Gasteiger partial charge in [-0.15, -0.1) is 0 Å². The molecule has 0 aromatic rings. The van der Waals surface area contributed by atoms with Crippen molar-refractivity contribution in [2.24, 2.45) is 10.8 Å². The standard InChI is InChI=1S/C6H12O2.2C5H8O4.C5H10O2.6C2H6.CH4O.4CH4/c1-6(2,3)5(7)8-4;2*1-4(6)9-3-5(7)8-2;1-5(2,3)4(6)7;7*1-2;;;;/h1-4H3;2*3H2,1-2H3;1-3H3,(H,6,7);6*1-2H3;2H,1H3;4*1H4. The molecule has 2 N–H and O–H groups in total. The fourth-order valence-corrected chi connectivity index (χ4v) is 0.745. The predicted octanol–water partition coefficient (Wildman–Crippen LogP) is 10.1. The molecule has 0 fully saturated rings. The molecule has 0 heterocycles. The van der Waals surface area contributed by atoms with Gasteiger partial charge >= 0.3 is 35.8 Å². The average molecular weight is 759 g/mol. The van der Waals surface area contributed by atoms with Crippen LogP contribution in [0.1, 0.15) is 168 Å². The highest BCUT2D eigenvalue weighted by molar-refractivity contribution is 5.76. The van der Waals surface area contributed by atoms with Crippen molar-refractivity contribution in [1.29, 1.82) is 0 Å². The van der Waals surface area contributed by atoms with Crippen molar-refractivity contribution in [2.75, 3.05) is 41.7 Å². The first-order valence-electron chi connectivity index (χ1n) is 15.9. The summed E-state index contributed by atoms with van der Waals surface area (Å²) in [4.78, 5) is 61.1. The normalized spacial score (nSPS) is 7.00. The third-order valence-electron chi connectivity index (χ3n) is 2.68. The van der Waals surface area contributed by atoms with Crippen molar-refractivity contribution < 1.29 is 62.7 Å². The maximum atomic E-state index is 10.6. The minimum absolute atomic E-state index is 0. The lowest BCUT2D eigenvalue weighted by Gasteiger charge is -2.13. The molecule has 0 unspecified atom stereocenters. The van der Waals surface area contributed by atoms with Crippen molar-refractivity contribution in [3.63, 3.8) is 0 Å². The van der Waals surface area contributed by atoms with Crippen molar-refractivity contribution in [3.05, 3.63) is 0 Å². The first-order chi connectivity index (χ1) is 21.8. The lowest BCUT2D eigenvalue weighted by molar-refractivity contribution is -0.155. The molecule has 0 aliphatic carbocycles. The molecule has 0 aromatic heterocycles. The number of aliphatic carboxylic acids is 1. The van der Waals surface area contributed by atoms with Crippen molar-refractivity contribution in [2.45, 2.75) is 168 Å². The summed E-state index contributed by atoms with van der Waals surface area (Å²) in [6.07, 6.45) is 0. The molecule has 324 valence electrons. The third kappa shape index (κ3) is 153. The topological polar surface area (TPSA) is 189 Å². The molecule has 0 radical (unpaired) electrons. The second-order valence-electron chi connectivity index (χ2n) is 8.01. The Balaban J connectivity index is -0.0000000228. The van der Waals surface area contributed by atoms with Gasteiger partial charge in [0.1, 0.15) is 0 Å². The minimum Gasteiger partial charge on any atom is -0.481 e. The number of hydrogen-bond acceptors (Lipinski definition) is 12. The molecule has 0 bridgehead atoms. The second-order valence-corrected chi connectivity index (χ2v) is 8.01. The first kappa shape index (κ1) is 97.3. The Kier molecular flexibility index (Phi) is 164. The molecule has 0 amide bonds. The van der Waals surface area contributed by atoms with E-state index in [0.29, 0.717) is 0 Å². The Bertz CT molecular complexity index is 605. The second kappa shape index (κ2) is 85.9. The van der Waals surface area contributed by atoms with Crippen molar-refractivity contribution >= 4 is 35.8 Å². The minimum atomic E-state index is -0.757. The fourth-order valence-electron chi connectivity index (χ4n) is 0.745. The quantitative estimate of drug-likeness (QED) is 0.204. The van der Waals surface area contributed by atoms with Gasteiger partial charge in [0.2, 0.25) is 0 Å². The van der Waals surface area contributed by atoms with Crippen LogP contribution in [0.4, 0.5) is 0 Å². The van der Waals surface area contributed by atoms with Crippen LogP contribution in [0.3, 0.4) is 0 Å². The Labute approximate surface area is 318 Å². The summed E-state index contributed by atoms with van der Waals surface area (Å²) in [5.74, 6) is -3.00. The summed E-state index contributed by atoms with van der Waals surface area (Å²) in [5, 5.41) is 15.2. The van der Waals surface area contributed by atoms with Gasteiger partial charge in [-0.3, -0.25) is 19.2 Å². The van der Waals surface area contributed by atoms with Crippen molar-refractivity contribution in [1.82, 2.24) is 0 Å². The smallest absolute Gasteiger partial charge is 0.344 e. The zero-order valence-corrected chi connectivity index (χ0v) is 34.8. The van der Waals surface area contributed by atoms with Gasteiger partial charge < -0.3 is 33.9 Å². The molecular weight excluding hydrogens is 664 g/mol. The number of esters is 5. The van der Waals surface area contributed by atoms with E-state index in [1.54, 1.807) is 20.8 Å². The maximum Gasteiger partial charge on any atom is 0.344 e. The number of carboxylic acids is 1. The highest BCUT2D eigenvalue weighted by atomic mass is 16.6. The van der Waals surface area contributed by atoms with E-state index in [-0.39, 0.29) is 54.3 Å². The van der Waals surface area contributed by atoms with Gasteiger partial charge in [-0.2, -0.15) is 0 Å². The summed E-state index contributed by atoms with van der Waals surface area (Å²) in [6.45, 7) is 36.3. The summed E-state index contributed by atoms with van der Waals surface area (Å²) < 4.78 is 21.4. The molecular formula is C38H94O13. The van der Waals surface area contributed by atoms with Gasteiger partial charge in [-0.05, 0) is 41.5 Å². The van der Waals surface area contributed by atoms with Gasteiger partial charge in [0.25, 0.3) is 0 Å². The zero-order chi connectivity index (χ0) is 41.4. The molecule has 0 rings (SSSR count). The van der Waals surface area contributed by atoms with Crippen LogP contribution in [0.25, 0.3) is 0 Å². The number of carbonyl (C=O) groups excluding carboxylic acids is 5. The number of carboxylic acid groups (broad SMARTS) is 1. The molecule has 0 aromatic carbocycles. The third-order valence-corrected chi connectivity index (χ3v) is 2.68. The summed E-state index contributed by atoms with van der Waals surface area (Å²) in [5.41, 5.74) is -0.936. The first-order valence-corrected chi connectivity index (χ1v) is 15.9. The lowest BCUT2D eigenvalue weighted by Crippen LogP contribution is -2.21. The number of methoxy groups -OCH3 is 3. The SMILES string of the molecule is C.C.C.C.CC.CC.CC.CC.CC.CC.CC(C)(C)C(=O)O.CO.COC(=O)C(C)(C)C.COC(=O)COC(C)=O.COC(=O)COC(C)=O. The Morgan fingerprint density at radius 2 is 0.627 bits per heavy atom. The van der Waals surface area contributed by atoms with Crippen molar-refractivity contribution in [3.8, 4) is 0 Å². The highest BCUT2D eigenvalue weighted by Crippen LogP contribution is 2.13. The van der Waals surface area contributed by atoms with Crippen LogP contribution in [0, 0.1) is 10.8 Å². The molecule has 0 saturated heterocycles. The van der Waals surface area contributed by atoms with E-state index in [0.717, 1.165) is 7.11 Å². The van der Waals surface area contributed by atoms with Crippen LogP contribution in [0.2, 0.25) is 0 Å². The maximum absolute atomic E-state index is 10.6. The van der Waals surface area contributed by atoms with E-state index in [1.807, 2.05) is 104 Å². The molecule has 0 aliphatic heterocycles. The van der Waals surface area contributed by atoms with Crippen LogP contribution in [0.15, 0.2) is 0 Å². The van der Waals surface area contributed by atoms with Gasteiger partial charge in [0.15, 0.2) is 13.2 Å². The summed E-state index contributed by atoms with van der Waals surface area (Å²) in [6, 6.07) is 0. The van der Waals surface area contributed by atoms with Crippen LogP contribution >= 0.6 is 0 Å². The van der Waals surface area contributed by atoms with Gasteiger partial charge in [0, 0.05) is 21.0 Å². The fraction of sp³-hybridized carbons (Fsp3) is 0.842. The number of rotatable bonds is 4. The number of aliphatic hydroxyl groups excluding tert-OH is 1. The zero-order valence-electron chi connectivity index (χ0n) is 34.8. The molecule has 13 heteroatoms. The van der Waals surface area contributed by atoms with E-state index >= 15 is 0 Å². The Morgan fingerprint density at radius 1 is 0.451 bits per heavy atom. The molecule has 13 nitrogen and oxygen atoms in total. The summed E-state index contributed by atoms with van der Waals surface area (Å²) in [7, 11) is 4.85. The molecule has 0 atom stereocenters. The van der Waals surface area contributed by atoms with Gasteiger partial charge in [0.05, 0.1) is 32.2 Å². The van der Waals surface area contributed by atoms with Crippen LogP contribution in [-0.2, 0) is 52.5 Å². The van der Waals surface area contributed by atoms with Gasteiger partial charge in [-0.1, -0.05) is 113 Å². The monoisotopic (exact) mass is 759 g/mol. The van der Waals surface area contributed by atoms with E-state index in [1.165, 1.54) is 35.2 Å². The molecule has 0 spiro atoms. The summed E-state index contributed by atoms with van der Waals surface area (Å²) >= 11 is 0. The molecule has 0 saturated carbocycles. The largest absolute Gasteiger partial charge is 0.481 e. The van der Waals surface area contributed by atoms with Crippen LogP contribution in [0.5, 0.6) is 0 Å². The van der Waals surface area contributed by atoms with E-state index < -0.39 is 35.3 Å². The average Bonchev–Trinajstić information content (AvgIpc) is 3.08. The van der Waals surface area contributed by atoms with E-state index in [4.69, 9.17) is 10.2 Å². The van der Waals surface area contributed by atoms with Gasteiger partial charge in [-0.25, -0.2) is 9.59 Å². The number of hydrogen-bond donors (Lipinski definition) is 2. The van der Waals surface area contributed by atoms with Crippen LogP contribution in [-0.4, -0.2) is 87.7 Å². The van der Waals surface area contributed by atoms with E-state index in [9.17, 15) is 28.8 Å². The number of ether oxygens (including phenoxy) is 5. The highest BCUT2D eigenvalue weighted by Gasteiger charge is 2.21. The lowest BCUT2D eigenvalue weighted by atomic mass is 9.98. The number of carbonyl (C=O) groups is 6. The number of aliphatic hydroxyl groups is 1. The predicted molar refractivity (Wildman–Crippen MR) is 219 cm³/mol. The molecule has 51 heavy (non-hydrogen) atoms. The Hall–Kier alpha value is -3.22. The van der Waals surface area contributed by atoms with E-state index in [2.05, 4.69) is 23.7 Å². The Morgan fingerprint density at radius 3 is 0.686 bits per heavy atom. The molecule has 0 aliphatic rings.